The molecule has 0 aliphatic carbocycles. The highest BCUT2D eigenvalue weighted by atomic mass is 16.3. The van der Waals surface area contributed by atoms with E-state index in [0.717, 1.165) is 24.9 Å². The number of likely N-dealkylation sites (tertiary alicyclic amines) is 1. The number of carbonyl (C=O) groups excluding carboxylic acids is 1. The SMILES string of the molecule is [C-]#[N+]c1ccc([C@H](O)C2CCCN(C(=O)c3ccccc3)C2)cc1. The normalized spacial score (nSPS) is 18.7. The lowest BCUT2D eigenvalue weighted by molar-refractivity contribution is 0.0401. The fraction of sp³-hybridized carbons (Fsp3) is 0.300. The first-order chi connectivity index (χ1) is 11.7. The van der Waals surface area contributed by atoms with E-state index in [9.17, 15) is 9.90 Å². The van der Waals surface area contributed by atoms with Gasteiger partial charge in [0.15, 0.2) is 5.69 Å². The highest BCUT2D eigenvalue weighted by Gasteiger charge is 2.29. The predicted octanol–water partition coefficient (Wildman–Crippen LogP) is 3.82. The Morgan fingerprint density at radius 2 is 1.88 bits per heavy atom. The van der Waals surface area contributed by atoms with Crippen LogP contribution in [0.5, 0.6) is 0 Å². The van der Waals surface area contributed by atoms with Gasteiger partial charge >= 0.3 is 0 Å². The molecule has 1 N–H and O–H groups in total. The molecule has 1 unspecified atom stereocenters. The van der Waals surface area contributed by atoms with E-state index >= 15 is 0 Å². The van der Waals surface area contributed by atoms with Crippen LogP contribution in [0.3, 0.4) is 0 Å². The molecule has 1 aliphatic heterocycles. The van der Waals surface area contributed by atoms with Crippen molar-refractivity contribution in [2.45, 2.75) is 18.9 Å². The standard InChI is InChI=1S/C20H20N2O2/c1-21-18-11-9-15(10-12-18)19(23)17-8-5-13-22(14-17)20(24)16-6-3-2-4-7-16/h2-4,6-7,9-12,17,19,23H,5,8,13-14H2/t17?,19-/m0/s1. The number of aliphatic hydroxyl groups excluding tert-OH is 1. The molecule has 2 aromatic rings. The monoisotopic (exact) mass is 320 g/mol. The van der Waals surface area contributed by atoms with Crippen molar-refractivity contribution < 1.29 is 9.90 Å². The van der Waals surface area contributed by atoms with Crippen molar-refractivity contribution in [2.75, 3.05) is 13.1 Å². The zero-order chi connectivity index (χ0) is 16.9. The molecular weight excluding hydrogens is 300 g/mol. The molecule has 1 aliphatic rings. The summed E-state index contributed by atoms with van der Waals surface area (Å²) in [5.41, 5.74) is 2.06. The van der Waals surface area contributed by atoms with Crippen LogP contribution in [0.4, 0.5) is 5.69 Å². The third kappa shape index (κ3) is 3.47. The number of hydrogen-bond acceptors (Lipinski definition) is 2. The van der Waals surface area contributed by atoms with Crippen molar-refractivity contribution in [1.29, 1.82) is 0 Å². The molecule has 0 spiro atoms. The van der Waals surface area contributed by atoms with E-state index in [1.54, 1.807) is 24.3 Å². The van der Waals surface area contributed by atoms with Crippen molar-refractivity contribution in [3.8, 4) is 0 Å². The van der Waals surface area contributed by atoms with Gasteiger partial charge in [-0.1, -0.05) is 42.5 Å². The average Bonchev–Trinajstić information content (AvgIpc) is 2.67. The number of rotatable bonds is 3. The number of benzene rings is 2. The van der Waals surface area contributed by atoms with Crippen LogP contribution in [-0.4, -0.2) is 29.0 Å². The van der Waals surface area contributed by atoms with Gasteiger partial charge in [-0.15, -0.1) is 0 Å². The second kappa shape index (κ2) is 7.29. The first-order valence-corrected chi connectivity index (χ1v) is 8.19. The lowest BCUT2D eigenvalue weighted by atomic mass is 9.88. The van der Waals surface area contributed by atoms with E-state index in [4.69, 9.17) is 6.57 Å². The number of aliphatic hydroxyl groups is 1. The summed E-state index contributed by atoms with van der Waals surface area (Å²) in [5.74, 6) is 0.0426. The molecule has 3 rings (SSSR count). The van der Waals surface area contributed by atoms with Crippen LogP contribution >= 0.6 is 0 Å². The van der Waals surface area contributed by atoms with Crippen molar-refractivity contribution >= 4 is 11.6 Å². The van der Waals surface area contributed by atoms with Crippen LogP contribution in [0.15, 0.2) is 54.6 Å². The molecule has 0 aromatic heterocycles. The van der Waals surface area contributed by atoms with E-state index in [1.807, 2.05) is 35.2 Å². The molecule has 24 heavy (non-hydrogen) atoms. The summed E-state index contributed by atoms with van der Waals surface area (Å²) in [5, 5.41) is 10.7. The second-order valence-corrected chi connectivity index (χ2v) is 6.17. The van der Waals surface area contributed by atoms with Gasteiger partial charge < -0.3 is 10.0 Å². The van der Waals surface area contributed by atoms with Gasteiger partial charge in [-0.05, 0) is 30.5 Å². The number of piperidine rings is 1. The quantitative estimate of drug-likeness (QED) is 0.874. The maximum absolute atomic E-state index is 12.6. The highest BCUT2D eigenvalue weighted by molar-refractivity contribution is 5.94. The summed E-state index contributed by atoms with van der Waals surface area (Å²) in [7, 11) is 0. The molecule has 122 valence electrons. The van der Waals surface area contributed by atoms with Crippen LogP contribution < -0.4 is 0 Å². The van der Waals surface area contributed by atoms with Gasteiger partial charge in [-0.25, -0.2) is 4.85 Å². The smallest absolute Gasteiger partial charge is 0.253 e. The van der Waals surface area contributed by atoms with E-state index in [-0.39, 0.29) is 11.8 Å². The third-order valence-electron chi connectivity index (χ3n) is 4.58. The molecule has 1 fully saturated rings. The Morgan fingerprint density at radius 3 is 2.54 bits per heavy atom. The first kappa shape index (κ1) is 16.2. The Kier molecular flexibility index (Phi) is 4.93. The van der Waals surface area contributed by atoms with Gasteiger partial charge in [0, 0.05) is 24.6 Å². The maximum Gasteiger partial charge on any atom is 0.253 e. The van der Waals surface area contributed by atoms with Crippen LogP contribution in [0.25, 0.3) is 4.85 Å². The minimum Gasteiger partial charge on any atom is -0.388 e. The van der Waals surface area contributed by atoms with Gasteiger partial charge in [-0.2, -0.15) is 0 Å². The van der Waals surface area contributed by atoms with E-state index in [2.05, 4.69) is 4.85 Å². The number of amides is 1. The summed E-state index contributed by atoms with van der Waals surface area (Å²) < 4.78 is 0. The van der Waals surface area contributed by atoms with Gasteiger partial charge in [0.2, 0.25) is 0 Å². The Hall–Kier alpha value is -2.64. The van der Waals surface area contributed by atoms with Gasteiger partial charge in [0.05, 0.1) is 12.7 Å². The van der Waals surface area contributed by atoms with Crippen LogP contribution in [0.1, 0.15) is 34.9 Å². The summed E-state index contributed by atoms with van der Waals surface area (Å²) in [6, 6.07) is 16.3. The lowest BCUT2D eigenvalue weighted by Gasteiger charge is -2.35. The first-order valence-electron chi connectivity index (χ1n) is 8.19. The second-order valence-electron chi connectivity index (χ2n) is 6.17. The molecule has 4 nitrogen and oxygen atoms in total. The Balaban J connectivity index is 1.70. The summed E-state index contributed by atoms with van der Waals surface area (Å²) in [6.07, 6.45) is 1.17. The number of hydrogen-bond donors (Lipinski definition) is 1. The minimum atomic E-state index is -0.615. The van der Waals surface area contributed by atoms with E-state index < -0.39 is 6.10 Å². The molecule has 0 bridgehead atoms. The highest BCUT2D eigenvalue weighted by Crippen LogP contribution is 2.31. The van der Waals surface area contributed by atoms with E-state index in [1.165, 1.54) is 0 Å². The number of nitrogens with zero attached hydrogens (tertiary/aromatic N) is 2. The Morgan fingerprint density at radius 1 is 1.17 bits per heavy atom. The van der Waals surface area contributed by atoms with Crippen LogP contribution in [-0.2, 0) is 0 Å². The summed E-state index contributed by atoms with van der Waals surface area (Å²) in [6.45, 7) is 8.28. The predicted molar refractivity (Wildman–Crippen MR) is 92.7 cm³/mol. The molecule has 1 heterocycles. The third-order valence-corrected chi connectivity index (χ3v) is 4.58. The molecule has 0 saturated carbocycles. The maximum atomic E-state index is 12.6. The van der Waals surface area contributed by atoms with Crippen LogP contribution in [0, 0.1) is 12.5 Å². The summed E-state index contributed by atoms with van der Waals surface area (Å²) in [4.78, 5) is 17.8. The molecule has 2 atom stereocenters. The molecule has 2 aromatic carbocycles. The van der Waals surface area contributed by atoms with Crippen molar-refractivity contribution in [3.05, 3.63) is 77.1 Å². The molecule has 1 amide bonds. The lowest BCUT2D eigenvalue weighted by Crippen LogP contribution is -2.41. The topological polar surface area (TPSA) is 44.9 Å². The summed E-state index contributed by atoms with van der Waals surface area (Å²) >= 11 is 0. The van der Waals surface area contributed by atoms with Crippen molar-refractivity contribution in [3.63, 3.8) is 0 Å². The fourth-order valence-corrected chi connectivity index (χ4v) is 3.23. The van der Waals surface area contributed by atoms with Crippen molar-refractivity contribution in [1.82, 2.24) is 4.90 Å². The number of carbonyl (C=O) groups is 1. The minimum absolute atomic E-state index is 0.0187. The molecular formula is C20H20N2O2. The Labute approximate surface area is 142 Å². The average molecular weight is 320 g/mol. The van der Waals surface area contributed by atoms with Gasteiger partial charge in [0.25, 0.3) is 5.91 Å². The fourth-order valence-electron chi connectivity index (χ4n) is 3.23. The molecule has 4 heteroatoms. The zero-order valence-electron chi connectivity index (χ0n) is 13.4. The van der Waals surface area contributed by atoms with Crippen molar-refractivity contribution in [2.24, 2.45) is 5.92 Å². The largest absolute Gasteiger partial charge is 0.388 e. The molecule has 1 saturated heterocycles. The van der Waals surface area contributed by atoms with Gasteiger partial charge in [-0.3, -0.25) is 4.79 Å². The molecule has 0 radical (unpaired) electrons. The van der Waals surface area contributed by atoms with Crippen LogP contribution in [0.2, 0.25) is 0 Å². The van der Waals surface area contributed by atoms with Gasteiger partial charge in [0.1, 0.15) is 0 Å². The zero-order valence-corrected chi connectivity index (χ0v) is 13.4. The van der Waals surface area contributed by atoms with E-state index in [0.29, 0.717) is 17.8 Å². The Bertz CT molecular complexity index is 734.